The molecule has 2 heterocycles. The Balaban J connectivity index is 1.45. The van der Waals surface area contributed by atoms with Gasteiger partial charge in [-0.3, -0.25) is 0 Å². The number of rotatable bonds is 5. The fourth-order valence-corrected chi connectivity index (χ4v) is 3.52. The van der Waals surface area contributed by atoms with Crippen molar-refractivity contribution < 1.29 is 0 Å². The molecule has 0 aliphatic carbocycles. The summed E-state index contributed by atoms with van der Waals surface area (Å²) in [5, 5.41) is 3.73. The number of piperidine rings is 1. The van der Waals surface area contributed by atoms with E-state index < -0.39 is 0 Å². The largest absolute Gasteiger partial charge is 0.372 e. The first-order valence-corrected chi connectivity index (χ1v) is 8.65. The molecule has 0 bridgehead atoms. The van der Waals surface area contributed by atoms with Crippen molar-refractivity contribution in [1.29, 1.82) is 0 Å². The molecular weight excluding hydrogens is 258 g/mol. The fourth-order valence-electron chi connectivity index (χ4n) is 3.52. The van der Waals surface area contributed by atoms with E-state index in [4.69, 9.17) is 0 Å². The van der Waals surface area contributed by atoms with Gasteiger partial charge in [0.25, 0.3) is 0 Å². The highest BCUT2D eigenvalue weighted by molar-refractivity contribution is 5.48. The lowest BCUT2D eigenvalue weighted by molar-refractivity contribution is 0.206. The van der Waals surface area contributed by atoms with E-state index >= 15 is 0 Å². The van der Waals surface area contributed by atoms with Gasteiger partial charge in [-0.25, -0.2) is 0 Å². The third-order valence-corrected chi connectivity index (χ3v) is 5.04. The first kappa shape index (κ1) is 14.9. The van der Waals surface area contributed by atoms with Crippen LogP contribution in [0, 0.1) is 0 Å². The highest BCUT2D eigenvalue weighted by Gasteiger charge is 2.17. The Kier molecular flexibility index (Phi) is 5.15. The molecule has 0 unspecified atom stereocenters. The van der Waals surface area contributed by atoms with E-state index in [0.29, 0.717) is 6.04 Å². The number of anilines is 1. The summed E-state index contributed by atoms with van der Waals surface area (Å²) in [7, 11) is 0. The Morgan fingerprint density at radius 2 is 1.67 bits per heavy atom. The number of hydrogen-bond donors (Lipinski definition) is 1. The Bertz CT molecular complexity index is 415. The van der Waals surface area contributed by atoms with Gasteiger partial charge in [-0.15, -0.1) is 0 Å². The minimum Gasteiger partial charge on any atom is -0.372 e. The molecule has 1 aromatic carbocycles. The third kappa shape index (κ3) is 3.98. The van der Waals surface area contributed by atoms with E-state index in [0.717, 1.165) is 6.54 Å². The molecule has 21 heavy (non-hydrogen) atoms. The van der Waals surface area contributed by atoms with Crippen LogP contribution in [-0.2, 0) is 6.54 Å². The van der Waals surface area contributed by atoms with Crippen LogP contribution in [0.1, 0.15) is 38.2 Å². The molecule has 0 atom stereocenters. The first-order chi connectivity index (χ1) is 10.3. The van der Waals surface area contributed by atoms with Gasteiger partial charge in [0.05, 0.1) is 0 Å². The Morgan fingerprint density at radius 3 is 2.29 bits per heavy atom. The highest BCUT2D eigenvalue weighted by atomic mass is 15.1. The van der Waals surface area contributed by atoms with Crippen molar-refractivity contribution in [3.05, 3.63) is 29.8 Å². The summed E-state index contributed by atoms with van der Waals surface area (Å²) < 4.78 is 0. The van der Waals surface area contributed by atoms with Crippen LogP contribution in [-0.4, -0.2) is 43.7 Å². The standard InChI is InChI=1S/C18H29N3/c1-2-20-13-9-17(10-14-20)19-15-16-5-7-18(8-6-16)21-11-3-4-12-21/h5-8,17,19H,2-4,9-15H2,1H3. The average Bonchev–Trinajstić information content (AvgIpc) is 3.08. The van der Waals surface area contributed by atoms with Gasteiger partial charge in [-0.2, -0.15) is 0 Å². The van der Waals surface area contributed by atoms with Crippen LogP contribution in [0.15, 0.2) is 24.3 Å². The molecule has 1 N–H and O–H groups in total. The topological polar surface area (TPSA) is 18.5 Å². The smallest absolute Gasteiger partial charge is 0.0366 e. The van der Waals surface area contributed by atoms with Crippen LogP contribution in [0.4, 0.5) is 5.69 Å². The molecule has 0 radical (unpaired) electrons. The van der Waals surface area contributed by atoms with Crippen molar-refractivity contribution in [2.24, 2.45) is 0 Å². The average molecular weight is 287 g/mol. The zero-order valence-corrected chi connectivity index (χ0v) is 13.4. The van der Waals surface area contributed by atoms with E-state index in [1.165, 1.54) is 69.7 Å². The summed E-state index contributed by atoms with van der Waals surface area (Å²) in [6.07, 6.45) is 5.28. The van der Waals surface area contributed by atoms with Gasteiger partial charge in [0.2, 0.25) is 0 Å². The van der Waals surface area contributed by atoms with Crippen LogP contribution < -0.4 is 10.2 Å². The van der Waals surface area contributed by atoms with E-state index in [-0.39, 0.29) is 0 Å². The van der Waals surface area contributed by atoms with Crippen molar-refractivity contribution in [3.8, 4) is 0 Å². The lowest BCUT2D eigenvalue weighted by atomic mass is 10.0. The van der Waals surface area contributed by atoms with Gasteiger partial charge in [0.1, 0.15) is 0 Å². The van der Waals surface area contributed by atoms with Gasteiger partial charge < -0.3 is 15.1 Å². The van der Waals surface area contributed by atoms with E-state index in [2.05, 4.69) is 46.3 Å². The second-order valence-corrected chi connectivity index (χ2v) is 6.45. The number of nitrogens with one attached hydrogen (secondary N) is 1. The Morgan fingerprint density at radius 1 is 1.00 bits per heavy atom. The monoisotopic (exact) mass is 287 g/mol. The van der Waals surface area contributed by atoms with Gasteiger partial charge in [0.15, 0.2) is 0 Å². The molecule has 2 aliphatic heterocycles. The second-order valence-electron chi connectivity index (χ2n) is 6.45. The van der Waals surface area contributed by atoms with Gasteiger partial charge in [0, 0.05) is 31.4 Å². The summed E-state index contributed by atoms with van der Waals surface area (Å²) in [6, 6.07) is 9.87. The molecule has 3 rings (SSSR count). The molecule has 116 valence electrons. The summed E-state index contributed by atoms with van der Waals surface area (Å²) in [5.74, 6) is 0. The lowest BCUT2D eigenvalue weighted by Crippen LogP contribution is -2.42. The summed E-state index contributed by atoms with van der Waals surface area (Å²) >= 11 is 0. The quantitative estimate of drug-likeness (QED) is 0.898. The van der Waals surface area contributed by atoms with E-state index in [9.17, 15) is 0 Å². The maximum Gasteiger partial charge on any atom is 0.0366 e. The molecule has 0 aromatic heterocycles. The van der Waals surface area contributed by atoms with E-state index in [1.807, 2.05) is 0 Å². The van der Waals surface area contributed by atoms with Gasteiger partial charge in [-0.1, -0.05) is 19.1 Å². The number of benzene rings is 1. The predicted molar refractivity (Wildman–Crippen MR) is 89.9 cm³/mol. The second kappa shape index (κ2) is 7.28. The normalized spacial score (nSPS) is 21.1. The maximum absolute atomic E-state index is 3.73. The molecular formula is C18H29N3. The van der Waals surface area contributed by atoms with Crippen molar-refractivity contribution in [2.75, 3.05) is 37.6 Å². The van der Waals surface area contributed by atoms with Crippen molar-refractivity contribution in [2.45, 2.75) is 45.2 Å². The van der Waals surface area contributed by atoms with Gasteiger partial charge >= 0.3 is 0 Å². The molecule has 1 aromatic rings. The summed E-state index contributed by atoms with van der Waals surface area (Å²) in [5.41, 5.74) is 2.81. The molecule has 0 amide bonds. The first-order valence-electron chi connectivity index (χ1n) is 8.65. The van der Waals surface area contributed by atoms with Crippen LogP contribution in [0.25, 0.3) is 0 Å². The minimum absolute atomic E-state index is 0.700. The maximum atomic E-state index is 3.73. The number of hydrogen-bond acceptors (Lipinski definition) is 3. The fraction of sp³-hybridized carbons (Fsp3) is 0.667. The molecule has 0 saturated carbocycles. The minimum atomic E-state index is 0.700. The zero-order chi connectivity index (χ0) is 14.5. The molecule has 0 spiro atoms. The van der Waals surface area contributed by atoms with Crippen molar-refractivity contribution in [3.63, 3.8) is 0 Å². The SMILES string of the molecule is CCN1CCC(NCc2ccc(N3CCCC3)cc2)CC1. The van der Waals surface area contributed by atoms with Crippen LogP contribution in [0.2, 0.25) is 0 Å². The molecule has 2 aliphatic rings. The summed E-state index contributed by atoms with van der Waals surface area (Å²) in [4.78, 5) is 5.04. The van der Waals surface area contributed by atoms with Crippen LogP contribution in [0.3, 0.4) is 0 Å². The third-order valence-electron chi connectivity index (χ3n) is 5.04. The lowest BCUT2D eigenvalue weighted by Gasteiger charge is -2.31. The summed E-state index contributed by atoms with van der Waals surface area (Å²) in [6.45, 7) is 9.43. The van der Waals surface area contributed by atoms with Crippen molar-refractivity contribution >= 4 is 5.69 Å². The van der Waals surface area contributed by atoms with Crippen LogP contribution in [0.5, 0.6) is 0 Å². The molecule has 3 heteroatoms. The molecule has 2 fully saturated rings. The van der Waals surface area contributed by atoms with Crippen molar-refractivity contribution in [1.82, 2.24) is 10.2 Å². The number of nitrogens with zero attached hydrogens (tertiary/aromatic N) is 2. The Labute approximate surface area is 129 Å². The van der Waals surface area contributed by atoms with Gasteiger partial charge in [-0.05, 0) is 63.0 Å². The molecule has 3 nitrogen and oxygen atoms in total. The highest BCUT2D eigenvalue weighted by Crippen LogP contribution is 2.20. The zero-order valence-electron chi connectivity index (χ0n) is 13.4. The predicted octanol–water partition coefficient (Wildman–Crippen LogP) is 2.86. The molecule has 2 saturated heterocycles. The van der Waals surface area contributed by atoms with E-state index in [1.54, 1.807) is 0 Å². The Hall–Kier alpha value is -1.06. The van der Waals surface area contributed by atoms with Crippen LogP contribution >= 0.6 is 0 Å². The number of likely N-dealkylation sites (tertiary alicyclic amines) is 1.